The van der Waals surface area contributed by atoms with Gasteiger partial charge in [-0.2, -0.15) is 0 Å². The van der Waals surface area contributed by atoms with Crippen LogP contribution in [0.15, 0.2) is 53.9 Å². The van der Waals surface area contributed by atoms with Gasteiger partial charge < -0.3 is 0 Å². The molecular formula is C18H12OS4. The number of hydrogen-bond donors (Lipinski definition) is 0. The summed E-state index contributed by atoms with van der Waals surface area (Å²) in [5, 5.41) is 2.11. The zero-order chi connectivity index (χ0) is 15.8. The van der Waals surface area contributed by atoms with Crippen molar-refractivity contribution in [3.8, 4) is 29.3 Å². The van der Waals surface area contributed by atoms with E-state index in [1.54, 1.807) is 40.9 Å². The van der Waals surface area contributed by atoms with Gasteiger partial charge in [-0.3, -0.25) is 4.79 Å². The molecule has 0 amide bonds. The summed E-state index contributed by atoms with van der Waals surface area (Å²) in [5.41, 5.74) is 0. The van der Waals surface area contributed by atoms with Crippen molar-refractivity contribution >= 4 is 51.1 Å². The van der Waals surface area contributed by atoms with E-state index in [1.807, 2.05) is 23.5 Å². The smallest absolute Gasteiger partial charge is 0.169 e. The highest BCUT2D eigenvalue weighted by Gasteiger charge is 2.11. The molecule has 0 saturated carbocycles. The van der Waals surface area contributed by atoms with Crippen molar-refractivity contribution in [2.24, 2.45) is 0 Å². The van der Waals surface area contributed by atoms with Gasteiger partial charge in [0.25, 0.3) is 0 Å². The fraction of sp³-hybridized carbons (Fsp3) is 0.0556. The fourth-order valence-corrected chi connectivity index (χ4v) is 6.21. The molecule has 0 saturated heterocycles. The van der Waals surface area contributed by atoms with E-state index in [-0.39, 0.29) is 5.78 Å². The van der Waals surface area contributed by atoms with E-state index in [2.05, 4.69) is 41.8 Å². The second kappa shape index (κ2) is 6.17. The van der Waals surface area contributed by atoms with Crippen LogP contribution in [0.2, 0.25) is 0 Å². The van der Waals surface area contributed by atoms with Crippen molar-refractivity contribution in [2.75, 3.05) is 0 Å². The van der Waals surface area contributed by atoms with Crippen molar-refractivity contribution < 1.29 is 4.79 Å². The van der Waals surface area contributed by atoms with Gasteiger partial charge in [0.1, 0.15) is 0 Å². The van der Waals surface area contributed by atoms with Crippen molar-refractivity contribution in [3.05, 3.63) is 58.8 Å². The lowest BCUT2D eigenvalue weighted by Crippen LogP contribution is -1.83. The molecule has 0 radical (unpaired) electrons. The molecule has 0 fully saturated rings. The molecule has 114 valence electrons. The lowest BCUT2D eigenvalue weighted by Gasteiger charge is -1.91. The molecule has 0 bridgehead atoms. The lowest BCUT2D eigenvalue weighted by molar-refractivity contribution is 0.102. The molecule has 0 N–H and O–H groups in total. The maximum atomic E-state index is 11.4. The van der Waals surface area contributed by atoms with Crippen LogP contribution in [0.25, 0.3) is 29.3 Å². The fourth-order valence-electron chi connectivity index (χ4n) is 2.28. The van der Waals surface area contributed by atoms with Gasteiger partial charge in [-0.1, -0.05) is 6.07 Å². The zero-order valence-electron chi connectivity index (χ0n) is 12.2. The van der Waals surface area contributed by atoms with Crippen molar-refractivity contribution in [1.29, 1.82) is 0 Å². The lowest BCUT2D eigenvalue weighted by atomic mass is 10.3. The highest BCUT2D eigenvalue weighted by atomic mass is 32.1. The number of rotatable bonds is 4. The first-order valence-electron chi connectivity index (χ1n) is 7.06. The minimum absolute atomic E-state index is 0.136. The molecule has 0 aliphatic carbocycles. The SMILES string of the molecule is CC(=O)c1ccc(-c2ccc(-c3ccc(-c4cccs4)s3)s2)s1. The Morgan fingerprint density at radius 1 is 0.696 bits per heavy atom. The van der Waals surface area contributed by atoms with Crippen molar-refractivity contribution in [3.63, 3.8) is 0 Å². The van der Waals surface area contributed by atoms with Crippen LogP contribution in [-0.4, -0.2) is 5.78 Å². The molecule has 5 heteroatoms. The quantitative estimate of drug-likeness (QED) is 0.348. The molecule has 4 aromatic heterocycles. The summed E-state index contributed by atoms with van der Waals surface area (Å²) in [7, 11) is 0. The van der Waals surface area contributed by atoms with Gasteiger partial charge in [0.05, 0.1) is 4.88 Å². The Kier molecular flexibility index (Phi) is 4.03. The maximum absolute atomic E-state index is 11.4. The van der Waals surface area contributed by atoms with Gasteiger partial charge in [0, 0.05) is 29.3 Å². The van der Waals surface area contributed by atoms with E-state index < -0.39 is 0 Å². The Morgan fingerprint density at radius 3 is 1.70 bits per heavy atom. The van der Waals surface area contributed by atoms with Crippen LogP contribution in [0.4, 0.5) is 0 Å². The third-order valence-electron chi connectivity index (χ3n) is 3.41. The number of carbonyl (C=O) groups is 1. The van der Waals surface area contributed by atoms with Gasteiger partial charge in [0.15, 0.2) is 5.78 Å². The summed E-state index contributed by atoms with van der Waals surface area (Å²) in [6, 6.07) is 16.9. The zero-order valence-corrected chi connectivity index (χ0v) is 15.5. The normalized spacial score (nSPS) is 11.0. The number of carbonyl (C=O) groups excluding carboxylic acids is 1. The van der Waals surface area contributed by atoms with Gasteiger partial charge >= 0.3 is 0 Å². The second-order valence-electron chi connectivity index (χ2n) is 5.03. The van der Waals surface area contributed by atoms with E-state index in [0.717, 1.165) is 4.88 Å². The molecule has 0 unspecified atom stereocenters. The highest BCUT2D eigenvalue weighted by molar-refractivity contribution is 7.28. The minimum Gasteiger partial charge on any atom is -0.294 e. The van der Waals surface area contributed by atoms with Gasteiger partial charge in [-0.05, 0) is 54.8 Å². The summed E-state index contributed by atoms with van der Waals surface area (Å²) >= 11 is 6.97. The molecule has 1 nitrogen and oxygen atoms in total. The monoisotopic (exact) mass is 372 g/mol. The number of Topliss-reactive ketones (excluding diaryl/α,β-unsaturated/α-hetero) is 1. The molecule has 4 rings (SSSR count). The summed E-state index contributed by atoms with van der Waals surface area (Å²) in [6.45, 7) is 1.62. The van der Waals surface area contributed by atoms with Crippen molar-refractivity contribution in [1.82, 2.24) is 0 Å². The maximum Gasteiger partial charge on any atom is 0.169 e. The second-order valence-corrected chi connectivity index (χ2v) is 9.22. The van der Waals surface area contributed by atoms with Crippen LogP contribution in [0.3, 0.4) is 0 Å². The molecule has 0 aliphatic rings. The van der Waals surface area contributed by atoms with Crippen LogP contribution >= 0.6 is 45.3 Å². The van der Waals surface area contributed by atoms with Gasteiger partial charge in [0.2, 0.25) is 0 Å². The van der Waals surface area contributed by atoms with Crippen LogP contribution in [-0.2, 0) is 0 Å². The average Bonchev–Trinajstić information content (AvgIpc) is 3.32. The first-order chi connectivity index (χ1) is 11.2. The van der Waals surface area contributed by atoms with E-state index in [0.29, 0.717) is 0 Å². The topological polar surface area (TPSA) is 17.1 Å². The van der Waals surface area contributed by atoms with Crippen LogP contribution < -0.4 is 0 Å². The molecular weight excluding hydrogens is 360 g/mol. The molecule has 0 atom stereocenters. The van der Waals surface area contributed by atoms with Crippen LogP contribution in [0.1, 0.15) is 16.6 Å². The number of thiophene rings is 4. The van der Waals surface area contributed by atoms with Crippen LogP contribution in [0.5, 0.6) is 0 Å². The third-order valence-corrected chi connectivity index (χ3v) is 8.23. The molecule has 0 spiro atoms. The molecule has 0 aromatic carbocycles. The largest absolute Gasteiger partial charge is 0.294 e. The predicted molar refractivity (Wildman–Crippen MR) is 104 cm³/mol. The molecule has 4 heterocycles. The molecule has 0 aliphatic heterocycles. The van der Waals surface area contributed by atoms with E-state index >= 15 is 0 Å². The Hall–Kier alpha value is -1.53. The number of ketones is 1. The minimum atomic E-state index is 0.136. The van der Waals surface area contributed by atoms with Crippen LogP contribution in [0, 0.1) is 0 Å². The molecule has 23 heavy (non-hydrogen) atoms. The highest BCUT2D eigenvalue weighted by Crippen LogP contribution is 2.42. The standard InChI is InChI=1S/C18H12OS4/c1-11(19)12-4-5-15(21-12)16-8-9-18(23-16)17-7-6-14(22-17)13-3-2-10-20-13/h2-10H,1H3. The first kappa shape index (κ1) is 15.0. The van der Waals surface area contributed by atoms with E-state index in [4.69, 9.17) is 0 Å². The summed E-state index contributed by atoms with van der Waals surface area (Å²) in [5.74, 6) is 0.136. The number of hydrogen-bond acceptors (Lipinski definition) is 5. The van der Waals surface area contributed by atoms with E-state index in [1.165, 1.54) is 29.3 Å². The van der Waals surface area contributed by atoms with Crippen molar-refractivity contribution in [2.45, 2.75) is 6.92 Å². The Balaban J connectivity index is 1.64. The Bertz CT molecular complexity index is 953. The third kappa shape index (κ3) is 2.97. The summed E-state index contributed by atoms with van der Waals surface area (Å²) < 4.78 is 0. The average molecular weight is 373 g/mol. The summed E-state index contributed by atoms with van der Waals surface area (Å²) in [6.07, 6.45) is 0. The molecule has 4 aromatic rings. The Labute approximate surface area is 150 Å². The predicted octanol–water partition coefficient (Wildman–Crippen LogP) is 7.14. The van der Waals surface area contributed by atoms with E-state index in [9.17, 15) is 4.79 Å². The Morgan fingerprint density at radius 2 is 1.22 bits per heavy atom. The first-order valence-corrected chi connectivity index (χ1v) is 10.4. The van der Waals surface area contributed by atoms with Gasteiger partial charge in [-0.25, -0.2) is 0 Å². The van der Waals surface area contributed by atoms with Gasteiger partial charge in [-0.15, -0.1) is 45.3 Å². The summed E-state index contributed by atoms with van der Waals surface area (Å²) in [4.78, 5) is 19.9.